The number of nitrogens with one attached hydrogen (secondary N) is 1. The van der Waals surface area contributed by atoms with E-state index >= 15 is 0 Å². The van der Waals surface area contributed by atoms with E-state index in [1.807, 2.05) is 30.5 Å². The Hall–Kier alpha value is -1.52. The van der Waals surface area contributed by atoms with Crippen LogP contribution in [-0.2, 0) is 11.3 Å². The summed E-state index contributed by atoms with van der Waals surface area (Å²) in [5.41, 5.74) is 3.93. The fraction of sp³-hybridized carbons (Fsp3) is 0.273. The fourth-order valence-electron chi connectivity index (χ4n) is 1.64. The molecular formula is C11H14N2O2. The lowest BCUT2D eigenvalue weighted by molar-refractivity contribution is 0.188. The summed E-state index contributed by atoms with van der Waals surface area (Å²) in [6.45, 7) is 1.50. The summed E-state index contributed by atoms with van der Waals surface area (Å²) in [4.78, 5) is 0. The van der Waals surface area contributed by atoms with Gasteiger partial charge in [-0.1, -0.05) is 6.07 Å². The van der Waals surface area contributed by atoms with Crippen molar-refractivity contribution in [2.75, 3.05) is 19.2 Å². The predicted molar refractivity (Wildman–Crippen MR) is 59.2 cm³/mol. The van der Waals surface area contributed by atoms with Crippen LogP contribution in [0.5, 0.6) is 0 Å². The molecule has 0 atom stereocenters. The molecule has 0 aliphatic rings. The van der Waals surface area contributed by atoms with Crippen molar-refractivity contribution < 1.29 is 9.94 Å². The van der Waals surface area contributed by atoms with Crippen molar-refractivity contribution in [3.8, 4) is 0 Å². The van der Waals surface area contributed by atoms with E-state index in [4.69, 9.17) is 9.94 Å². The number of aromatic nitrogens is 1. The first-order valence-corrected chi connectivity index (χ1v) is 4.83. The highest BCUT2D eigenvalue weighted by Gasteiger charge is 2.01. The van der Waals surface area contributed by atoms with E-state index in [-0.39, 0.29) is 0 Å². The molecule has 0 aliphatic carbocycles. The number of methoxy groups -OCH3 is 1. The first-order valence-electron chi connectivity index (χ1n) is 4.83. The topological polar surface area (TPSA) is 46.4 Å². The molecule has 0 saturated heterocycles. The second-order valence-corrected chi connectivity index (χ2v) is 3.39. The predicted octanol–water partition coefficient (Wildman–Crippen LogP) is 2.09. The lowest BCUT2D eigenvalue weighted by Crippen LogP contribution is -2.02. The molecule has 1 aromatic heterocycles. The number of hydrogen-bond acceptors (Lipinski definition) is 3. The lowest BCUT2D eigenvalue weighted by Gasteiger charge is -2.05. The van der Waals surface area contributed by atoms with Gasteiger partial charge in [-0.25, -0.2) is 0 Å². The molecule has 0 spiro atoms. The number of rotatable bonds is 4. The molecule has 15 heavy (non-hydrogen) atoms. The van der Waals surface area contributed by atoms with Gasteiger partial charge in [0.25, 0.3) is 0 Å². The molecule has 4 nitrogen and oxygen atoms in total. The molecule has 1 heterocycles. The van der Waals surface area contributed by atoms with Gasteiger partial charge in [-0.2, -0.15) is 0 Å². The van der Waals surface area contributed by atoms with E-state index in [1.54, 1.807) is 7.11 Å². The van der Waals surface area contributed by atoms with E-state index in [0.29, 0.717) is 12.3 Å². The minimum atomic E-state index is 0.681. The second kappa shape index (κ2) is 4.33. The third-order valence-corrected chi connectivity index (χ3v) is 2.44. The summed E-state index contributed by atoms with van der Waals surface area (Å²) < 4.78 is 7.13. The normalized spacial score (nSPS) is 10.8. The number of benzene rings is 1. The highest BCUT2D eigenvalue weighted by atomic mass is 16.5. The van der Waals surface area contributed by atoms with Crippen LogP contribution in [0, 0.1) is 0 Å². The molecule has 2 N–H and O–H groups in total. The Balaban J connectivity index is 2.38. The molecule has 0 fully saturated rings. The smallest absolute Gasteiger partial charge is 0.0641 e. The minimum Gasteiger partial charge on any atom is -0.383 e. The van der Waals surface area contributed by atoms with Crippen molar-refractivity contribution in [2.24, 2.45) is 0 Å². The quantitative estimate of drug-likeness (QED) is 0.753. The van der Waals surface area contributed by atoms with Crippen LogP contribution in [-0.4, -0.2) is 23.5 Å². The van der Waals surface area contributed by atoms with Gasteiger partial charge in [-0.3, -0.25) is 10.7 Å². The van der Waals surface area contributed by atoms with Crippen LogP contribution in [0.2, 0.25) is 0 Å². The molecule has 2 rings (SSSR count). The van der Waals surface area contributed by atoms with Gasteiger partial charge in [0, 0.05) is 19.9 Å². The zero-order chi connectivity index (χ0) is 10.7. The van der Waals surface area contributed by atoms with Crippen LogP contribution in [0.15, 0.2) is 30.5 Å². The molecule has 0 bridgehead atoms. The van der Waals surface area contributed by atoms with Gasteiger partial charge < -0.3 is 9.30 Å². The van der Waals surface area contributed by atoms with Crippen LogP contribution in [0.25, 0.3) is 10.9 Å². The van der Waals surface area contributed by atoms with E-state index in [2.05, 4.69) is 10.0 Å². The zero-order valence-corrected chi connectivity index (χ0v) is 8.60. The van der Waals surface area contributed by atoms with Crippen LogP contribution in [0.3, 0.4) is 0 Å². The minimum absolute atomic E-state index is 0.681. The van der Waals surface area contributed by atoms with Crippen LogP contribution in [0.1, 0.15) is 0 Å². The van der Waals surface area contributed by atoms with Crippen LogP contribution < -0.4 is 5.48 Å². The number of nitrogens with zero attached hydrogens (tertiary/aromatic N) is 1. The van der Waals surface area contributed by atoms with Gasteiger partial charge in [-0.05, 0) is 23.6 Å². The number of fused-ring (bicyclic) bond motifs is 1. The van der Waals surface area contributed by atoms with Gasteiger partial charge in [0.2, 0.25) is 0 Å². The largest absolute Gasteiger partial charge is 0.383 e. The molecule has 0 radical (unpaired) electrons. The summed E-state index contributed by atoms with van der Waals surface area (Å²) in [5.74, 6) is 0. The average Bonchev–Trinajstić information content (AvgIpc) is 2.68. The first-order chi connectivity index (χ1) is 7.35. The summed E-state index contributed by atoms with van der Waals surface area (Å²) in [5, 5.41) is 9.98. The SMILES string of the molecule is COCCn1ccc2ccc(NO)cc21. The summed E-state index contributed by atoms with van der Waals surface area (Å²) in [7, 11) is 1.69. The molecular weight excluding hydrogens is 192 g/mol. The highest BCUT2D eigenvalue weighted by molar-refractivity contribution is 5.83. The Morgan fingerprint density at radius 1 is 1.40 bits per heavy atom. The molecule has 0 aliphatic heterocycles. The summed E-state index contributed by atoms with van der Waals surface area (Å²) in [6.07, 6.45) is 2.02. The Bertz CT molecular complexity index is 451. The van der Waals surface area contributed by atoms with Crippen molar-refractivity contribution >= 4 is 16.6 Å². The maximum Gasteiger partial charge on any atom is 0.0641 e. The Morgan fingerprint density at radius 3 is 3.00 bits per heavy atom. The Labute approximate surface area is 88.0 Å². The van der Waals surface area contributed by atoms with Gasteiger partial charge in [0.05, 0.1) is 17.8 Å². The van der Waals surface area contributed by atoms with Gasteiger partial charge in [0.15, 0.2) is 0 Å². The summed E-state index contributed by atoms with van der Waals surface area (Å²) >= 11 is 0. The van der Waals surface area contributed by atoms with E-state index in [1.165, 1.54) is 0 Å². The first kappa shape index (κ1) is 10.0. The average molecular weight is 206 g/mol. The molecule has 0 amide bonds. The van der Waals surface area contributed by atoms with E-state index in [9.17, 15) is 0 Å². The van der Waals surface area contributed by atoms with E-state index in [0.717, 1.165) is 17.4 Å². The Kier molecular flexibility index (Phi) is 2.89. The third-order valence-electron chi connectivity index (χ3n) is 2.44. The van der Waals surface area contributed by atoms with Crippen molar-refractivity contribution in [1.82, 2.24) is 4.57 Å². The number of anilines is 1. The third kappa shape index (κ3) is 1.95. The molecule has 80 valence electrons. The standard InChI is InChI=1S/C11H14N2O2/c1-15-7-6-13-5-4-9-2-3-10(12-14)8-11(9)13/h2-5,8,12,14H,6-7H2,1H3. The number of hydrogen-bond donors (Lipinski definition) is 2. The van der Waals surface area contributed by atoms with Crippen molar-refractivity contribution in [3.63, 3.8) is 0 Å². The molecule has 2 aromatic rings. The van der Waals surface area contributed by atoms with Gasteiger partial charge in [-0.15, -0.1) is 0 Å². The Morgan fingerprint density at radius 2 is 2.27 bits per heavy atom. The van der Waals surface area contributed by atoms with Crippen molar-refractivity contribution in [1.29, 1.82) is 0 Å². The van der Waals surface area contributed by atoms with Gasteiger partial charge >= 0.3 is 0 Å². The van der Waals surface area contributed by atoms with Crippen LogP contribution in [0.4, 0.5) is 5.69 Å². The zero-order valence-electron chi connectivity index (χ0n) is 8.60. The van der Waals surface area contributed by atoms with Crippen molar-refractivity contribution in [3.05, 3.63) is 30.5 Å². The molecule has 4 heteroatoms. The van der Waals surface area contributed by atoms with Crippen LogP contribution >= 0.6 is 0 Å². The maximum absolute atomic E-state index is 8.82. The molecule has 0 saturated carbocycles. The molecule has 1 aromatic carbocycles. The highest BCUT2D eigenvalue weighted by Crippen LogP contribution is 2.20. The maximum atomic E-state index is 8.82. The monoisotopic (exact) mass is 206 g/mol. The van der Waals surface area contributed by atoms with E-state index < -0.39 is 0 Å². The lowest BCUT2D eigenvalue weighted by atomic mass is 10.2. The fourth-order valence-corrected chi connectivity index (χ4v) is 1.64. The number of ether oxygens (including phenoxy) is 1. The summed E-state index contributed by atoms with van der Waals surface area (Å²) in [6, 6.07) is 7.76. The van der Waals surface area contributed by atoms with Gasteiger partial charge in [0.1, 0.15) is 0 Å². The molecule has 0 unspecified atom stereocenters. The van der Waals surface area contributed by atoms with Crippen molar-refractivity contribution in [2.45, 2.75) is 6.54 Å². The second-order valence-electron chi connectivity index (χ2n) is 3.39.